The van der Waals surface area contributed by atoms with Gasteiger partial charge in [-0.3, -0.25) is 0 Å². The number of rotatable bonds is 5. The zero-order chi connectivity index (χ0) is 9.83. The van der Waals surface area contributed by atoms with Crippen LogP contribution < -0.4 is 5.32 Å². The van der Waals surface area contributed by atoms with Gasteiger partial charge in [-0.05, 0) is 0 Å². The molecule has 0 aliphatic carbocycles. The Morgan fingerprint density at radius 3 is 2.58 bits per heavy atom. The molecule has 5 nitrogen and oxygen atoms in total. The number of hydrogen-bond acceptors (Lipinski definition) is 6. The van der Waals surface area contributed by atoms with Gasteiger partial charge in [-0.2, -0.15) is 0 Å². The summed E-state index contributed by atoms with van der Waals surface area (Å²) in [5, 5.41) is 2.65. The van der Waals surface area contributed by atoms with Gasteiger partial charge in [0, 0.05) is 0 Å². The Balaban J connectivity index is 4.14. The van der Waals surface area contributed by atoms with Crippen molar-refractivity contribution in [3.8, 4) is 0 Å². The van der Waals surface area contributed by atoms with Gasteiger partial charge in [0.25, 0.3) is 0 Å². The van der Waals surface area contributed by atoms with E-state index in [9.17, 15) is 9.79 Å². The van der Waals surface area contributed by atoms with Gasteiger partial charge in [-0.1, -0.05) is 0 Å². The predicted molar refractivity (Wildman–Crippen MR) is 58.0 cm³/mol. The molecule has 0 aliphatic rings. The fourth-order valence-corrected chi connectivity index (χ4v) is 5.91. The van der Waals surface area contributed by atoms with Gasteiger partial charge in [0.15, 0.2) is 0 Å². The van der Waals surface area contributed by atoms with Crippen molar-refractivity contribution in [2.24, 2.45) is 0 Å². The van der Waals surface area contributed by atoms with Crippen molar-refractivity contribution in [2.75, 3.05) is 20.4 Å². The van der Waals surface area contributed by atoms with Crippen molar-refractivity contribution < 1.29 is 18.6 Å². The Kier molecular flexibility index (Phi) is 5.73. The molecule has 0 spiro atoms. The van der Waals surface area contributed by atoms with Crippen LogP contribution in [0.1, 0.15) is 0 Å². The van der Waals surface area contributed by atoms with Gasteiger partial charge in [-0.15, -0.1) is 0 Å². The van der Waals surface area contributed by atoms with E-state index in [0.29, 0.717) is 0 Å². The standard InChI is InChI=1S/C3H13NO4P2S2/c1-4-3-9(5,11)8-10(6,12)7-2/h4,6,10,12H,3H2,1-2H3,(H,5,11). The Hall–Kier alpha value is 1.23. The monoisotopic (exact) mass is 253 g/mol. The molecule has 1 unspecified atom stereocenters. The van der Waals surface area contributed by atoms with Crippen molar-refractivity contribution in [3.05, 3.63) is 0 Å². The Morgan fingerprint density at radius 2 is 2.25 bits per heavy atom. The normalized spacial score (nSPS) is 18.8. The molecule has 0 fully saturated rings. The topological polar surface area (TPSA) is 71.0 Å². The fraction of sp³-hybridized carbons (Fsp3) is 1.00. The molecule has 0 bridgehead atoms. The van der Waals surface area contributed by atoms with Crippen molar-refractivity contribution in [2.45, 2.75) is 0 Å². The Labute approximate surface area is 82.4 Å². The van der Waals surface area contributed by atoms with Crippen LogP contribution in [0.25, 0.3) is 0 Å². The maximum atomic E-state index is 9.37. The van der Waals surface area contributed by atoms with Crippen LogP contribution in [-0.4, -0.2) is 30.2 Å². The third kappa shape index (κ3) is 5.80. The zero-order valence-corrected chi connectivity index (χ0v) is 10.3. The third-order valence-electron chi connectivity index (χ3n) is 0.885. The van der Waals surface area contributed by atoms with E-state index in [1.54, 1.807) is 7.05 Å². The minimum atomic E-state index is -3.50. The molecule has 0 rings (SSSR count). The van der Waals surface area contributed by atoms with Crippen LogP contribution in [-0.2, 0) is 20.6 Å². The van der Waals surface area contributed by atoms with Crippen LogP contribution in [0.15, 0.2) is 0 Å². The van der Waals surface area contributed by atoms with Crippen molar-refractivity contribution >= 4 is 37.7 Å². The summed E-state index contributed by atoms with van der Waals surface area (Å²) in [7, 11) is -0.639. The first kappa shape index (κ1) is 13.2. The summed E-state index contributed by atoms with van der Waals surface area (Å²) in [5.41, 5.74) is 0. The maximum absolute atomic E-state index is 9.37. The van der Waals surface area contributed by atoms with Gasteiger partial charge >= 0.3 is 82.1 Å². The van der Waals surface area contributed by atoms with Gasteiger partial charge in [-0.25, -0.2) is 0 Å². The molecular weight excluding hydrogens is 240 g/mol. The van der Waals surface area contributed by atoms with Crippen molar-refractivity contribution in [1.29, 1.82) is 0 Å². The van der Waals surface area contributed by atoms with Crippen LogP contribution in [0.2, 0.25) is 0 Å². The quantitative estimate of drug-likeness (QED) is 0.421. The molecule has 3 N–H and O–H groups in total. The van der Waals surface area contributed by atoms with E-state index in [2.05, 4.69) is 33.9 Å². The SMILES string of the molecule is CNCP(O)(=S)O[PH](O)(S)OC. The van der Waals surface area contributed by atoms with E-state index in [4.69, 9.17) is 4.31 Å². The second-order valence-corrected chi connectivity index (χ2v) is 9.23. The predicted octanol–water partition coefficient (Wildman–Crippen LogP) is 0.460. The minimum absolute atomic E-state index is 0.113. The van der Waals surface area contributed by atoms with Crippen LogP contribution >= 0.6 is 25.9 Å². The summed E-state index contributed by atoms with van der Waals surface area (Å²) in [4.78, 5) is 18.6. The molecule has 0 aromatic rings. The first-order valence-corrected chi connectivity index (χ1v) is 8.91. The molecule has 0 saturated heterocycles. The molecule has 0 heterocycles. The Morgan fingerprint density at radius 1 is 1.75 bits per heavy atom. The van der Waals surface area contributed by atoms with E-state index in [0.717, 1.165) is 0 Å². The van der Waals surface area contributed by atoms with E-state index >= 15 is 0 Å². The molecule has 0 aromatic heterocycles. The molecule has 0 aromatic carbocycles. The summed E-state index contributed by atoms with van der Waals surface area (Å²) in [6, 6.07) is 0. The summed E-state index contributed by atoms with van der Waals surface area (Å²) >= 11 is 8.38. The van der Waals surface area contributed by atoms with Gasteiger partial charge in [0.1, 0.15) is 0 Å². The number of nitrogens with one attached hydrogen (secondary N) is 1. The van der Waals surface area contributed by atoms with Crippen molar-refractivity contribution in [1.82, 2.24) is 5.32 Å². The van der Waals surface area contributed by atoms with E-state index in [1.165, 1.54) is 7.11 Å². The first-order valence-electron chi connectivity index (χ1n) is 3.00. The average Bonchev–Trinajstić information content (AvgIpc) is 1.85. The van der Waals surface area contributed by atoms with Crippen LogP contribution in [0.4, 0.5) is 0 Å². The molecule has 0 saturated carbocycles. The first-order chi connectivity index (χ1) is 5.33. The van der Waals surface area contributed by atoms with Crippen LogP contribution in [0.3, 0.4) is 0 Å². The van der Waals surface area contributed by atoms with Gasteiger partial charge in [0.2, 0.25) is 0 Å². The Bertz CT molecular complexity index is 189. The second kappa shape index (κ2) is 5.20. The van der Waals surface area contributed by atoms with E-state index in [1.807, 2.05) is 0 Å². The third-order valence-corrected chi connectivity index (χ3v) is 6.57. The second-order valence-electron chi connectivity index (χ2n) is 1.99. The molecule has 12 heavy (non-hydrogen) atoms. The summed E-state index contributed by atoms with van der Waals surface area (Å²) < 4.78 is 9.30. The molecule has 0 radical (unpaired) electrons. The molecule has 9 heteroatoms. The molecule has 1 atom stereocenters. The summed E-state index contributed by atoms with van der Waals surface area (Å²) in [5.74, 6) is 0. The summed E-state index contributed by atoms with van der Waals surface area (Å²) in [6.07, 6.45) is 0.113. The number of thiol groups is 1. The average molecular weight is 253 g/mol. The number of hydrogen-bond donors (Lipinski definition) is 4. The van der Waals surface area contributed by atoms with Crippen LogP contribution in [0, 0.1) is 0 Å². The molecular formula is C3H13NO4P2S2. The van der Waals surface area contributed by atoms with Gasteiger partial charge in [0.05, 0.1) is 0 Å². The van der Waals surface area contributed by atoms with Gasteiger partial charge < -0.3 is 0 Å². The molecule has 0 amide bonds. The molecule has 76 valence electrons. The fourth-order valence-electron chi connectivity index (χ4n) is 0.455. The molecule has 0 aliphatic heterocycles. The van der Waals surface area contributed by atoms with Crippen LogP contribution in [0.5, 0.6) is 0 Å². The summed E-state index contributed by atoms with van der Waals surface area (Å²) in [6.45, 7) is -3.00. The zero-order valence-electron chi connectivity index (χ0n) is 6.72. The van der Waals surface area contributed by atoms with E-state index < -0.39 is 13.6 Å². The van der Waals surface area contributed by atoms with E-state index in [-0.39, 0.29) is 6.29 Å². The van der Waals surface area contributed by atoms with Crippen molar-refractivity contribution in [3.63, 3.8) is 0 Å².